The first-order valence-corrected chi connectivity index (χ1v) is 7.72. The Morgan fingerprint density at radius 3 is 2.67 bits per heavy atom. The number of unbranched alkanes of at least 4 members (excludes halogenated alkanes) is 3. The molecule has 0 fully saturated rings. The first-order valence-electron chi connectivity index (χ1n) is 7.72. The van der Waals surface area contributed by atoms with Crippen molar-refractivity contribution in [3.05, 3.63) is 29.8 Å². The van der Waals surface area contributed by atoms with Gasteiger partial charge in [-0.05, 0) is 25.1 Å². The van der Waals surface area contributed by atoms with Gasteiger partial charge in [-0.25, -0.2) is 0 Å². The molecule has 4 heteroatoms. The van der Waals surface area contributed by atoms with Gasteiger partial charge in [0, 0.05) is 12.0 Å². The van der Waals surface area contributed by atoms with Gasteiger partial charge >= 0.3 is 5.97 Å². The number of carbonyl (C=O) groups is 2. The number of carbonyl (C=O) groups excluding carboxylic acids is 2. The lowest BCUT2D eigenvalue weighted by Gasteiger charge is -2.06. The van der Waals surface area contributed by atoms with E-state index in [-0.39, 0.29) is 11.8 Å². The second kappa shape index (κ2) is 10.1. The maximum Gasteiger partial charge on any atom is 0.311 e. The summed E-state index contributed by atoms with van der Waals surface area (Å²) in [5.74, 6) is 0.206. The minimum absolute atomic E-state index is 0.00213. The average Bonchev–Trinajstić information content (AvgIpc) is 2.49. The van der Waals surface area contributed by atoms with Crippen molar-refractivity contribution in [3.63, 3.8) is 0 Å². The zero-order valence-electron chi connectivity index (χ0n) is 13.0. The summed E-state index contributed by atoms with van der Waals surface area (Å²) >= 11 is 0. The third-order valence-corrected chi connectivity index (χ3v) is 3.16. The summed E-state index contributed by atoms with van der Waals surface area (Å²) < 4.78 is 5.28. The third kappa shape index (κ3) is 7.04. The van der Waals surface area contributed by atoms with E-state index in [4.69, 9.17) is 4.74 Å². The second-order valence-corrected chi connectivity index (χ2v) is 5.02. The van der Waals surface area contributed by atoms with E-state index in [9.17, 15) is 9.59 Å². The van der Waals surface area contributed by atoms with Crippen molar-refractivity contribution in [3.8, 4) is 5.75 Å². The van der Waals surface area contributed by atoms with E-state index in [1.165, 1.54) is 0 Å². The third-order valence-electron chi connectivity index (χ3n) is 3.16. The summed E-state index contributed by atoms with van der Waals surface area (Å²) in [5.41, 5.74) is 0.562. The van der Waals surface area contributed by atoms with E-state index >= 15 is 0 Å². The Morgan fingerprint density at radius 1 is 1.14 bits per heavy atom. The zero-order valence-corrected chi connectivity index (χ0v) is 13.0. The Hall–Kier alpha value is -1.68. The predicted octanol–water partition coefficient (Wildman–Crippen LogP) is 3.35. The van der Waals surface area contributed by atoms with Crippen LogP contribution >= 0.6 is 0 Å². The molecule has 0 heterocycles. The monoisotopic (exact) mass is 291 g/mol. The van der Waals surface area contributed by atoms with Crippen molar-refractivity contribution in [1.29, 1.82) is 0 Å². The molecule has 0 atom stereocenters. The lowest BCUT2D eigenvalue weighted by atomic mass is 10.1. The van der Waals surface area contributed by atoms with Crippen LogP contribution in [-0.4, -0.2) is 24.8 Å². The summed E-state index contributed by atoms with van der Waals surface area (Å²) in [6.07, 6.45) is 4.61. The van der Waals surface area contributed by atoms with Gasteiger partial charge < -0.3 is 10.1 Å². The van der Waals surface area contributed by atoms with E-state index in [0.29, 0.717) is 24.3 Å². The van der Waals surface area contributed by atoms with Crippen LogP contribution in [0.4, 0.5) is 0 Å². The van der Waals surface area contributed by atoms with Crippen LogP contribution in [0.15, 0.2) is 24.3 Å². The molecule has 0 bridgehead atoms. The number of rotatable bonds is 10. The minimum Gasteiger partial charge on any atom is -0.427 e. The summed E-state index contributed by atoms with van der Waals surface area (Å²) in [5, 5.41) is 2.99. The summed E-state index contributed by atoms with van der Waals surface area (Å²) in [6.45, 7) is 5.13. The predicted molar refractivity (Wildman–Crippen MR) is 83.7 cm³/mol. The molecule has 1 N–H and O–H groups in total. The van der Waals surface area contributed by atoms with Crippen LogP contribution < -0.4 is 10.1 Å². The summed E-state index contributed by atoms with van der Waals surface area (Å²) in [7, 11) is 0. The van der Waals surface area contributed by atoms with Crippen molar-refractivity contribution >= 4 is 11.8 Å². The number of ketones is 1. The molecule has 0 radical (unpaired) electrons. The van der Waals surface area contributed by atoms with Crippen molar-refractivity contribution in [2.24, 2.45) is 0 Å². The van der Waals surface area contributed by atoms with E-state index in [1.54, 1.807) is 24.3 Å². The summed E-state index contributed by atoms with van der Waals surface area (Å²) in [6, 6.07) is 6.80. The lowest BCUT2D eigenvalue weighted by Crippen LogP contribution is -2.22. The Bertz CT molecular complexity index is 457. The van der Waals surface area contributed by atoms with Crippen LogP contribution in [0.2, 0.25) is 0 Å². The van der Waals surface area contributed by atoms with Crippen LogP contribution in [0.1, 0.15) is 56.3 Å². The van der Waals surface area contributed by atoms with Crippen LogP contribution in [0.5, 0.6) is 5.75 Å². The van der Waals surface area contributed by atoms with Gasteiger partial charge in [0.2, 0.25) is 0 Å². The van der Waals surface area contributed by atoms with Gasteiger partial charge in [-0.2, -0.15) is 0 Å². The molecule has 0 amide bonds. The molecule has 1 rings (SSSR count). The van der Waals surface area contributed by atoms with Crippen LogP contribution in [0.3, 0.4) is 0 Å². The Labute approximate surface area is 126 Å². The lowest BCUT2D eigenvalue weighted by molar-refractivity contribution is -0.134. The second-order valence-electron chi connectivity index (χ2n) is 5.02. The topological polar surface area (TPSA) is 55.4 Å². The normalized spacial score (nSPS) is 10.4. The average molecular weight is 291 g/mol. The highest BCUT2D eigenvalue weighted by Crippen LogP contribution is 2.15. The molecule has 0 aliphatic carbocycles. The van der Waals surface area contributed by atoms with Crippen LogP contribution in [0, 0.1) is 0 Å². The van der Waals surface area contributed by atoms with Crippen molar-refractivity contribution < 1.29 is 14.3 Å². The quantitative estimate of drug-likeness (QED) is 0.311. The Morgan fingerprint density at radius 2 is 1.95 bits per heavy atom. The maximum absolute atomic E-state index is 11.9. The van der Waals surface area contributed by atoms with Crippen LogP contribution in [0.25, 0.3) is 0 Å². The molecule has 0 spiro atoms. The molecular formula is C17H25NO3. The Kier molecular flexibility index (Phi) is 8.36. The van der Waals surface area contributed by atoms with E-state index in [1.807, 2.05) is 6.92 Å². The number of hydrogen-bond donors (Lipinski definition) is 1. The first kappa shape index (κ1) is 17.4. The molecule has 0 aromatic heterocycles. The number of Topliss-reactive ketones (excluding diaryl/α,β-unsaturated/α-hetero) is 1. The fourth-order valence-electron chi connectivity index (χ4n) is 1.95. The van der Waals surface area contributed by atoms with E-state index < -0.39 is 0 Å². The molecular weight excluding hydrogens is 266 g/mol. The molecule has 21 heavy (non-hydrogen) atoms. The molecule has 116 valence electrons. The van der Waals surface area contributed by atoms with Gasteiger partial charge in [0.1, 0.15) is 5.75 Å². The number of esters is 1. The molecule has 0 aliphatic rings. The fourth-order valence-corrected chi connectivity index (χ4v) is 1.95. The molecule has 1 aromatic rings. The molecule has 0 aliphatic heterocycles. The van der Waals surface area contributed by atoms with Gasteiger partial charge in [0.05, 0.1) is 6.54 Å². The van der Waals surface area contributed by atoms with Crippen molar-refractivity contribution in [2.75, 3.05) is 13.1 Å². The zero-order chi connectivity index (χ0) is 15.5. The van der Waals surface area contributed by atoms with Gasteiger partial charge in [-0.1, -0.05) is 45.2 Å². The SMILES string of the molecule is CCCCCCC(=O)Oc1cccc(C(=O)CNCC)c1. The molecule has 0 saturated heterocycles. The van der Waals surface area contributed by atoms with Gasteiger partial charge in [0.25, 0.3) is 0 Å². The molecule has 1 aromatic carbocycles. The number of benzene rings is 1. The molecule has 0 unspecified atom stereocenters. The molecule has 0 saturated carbocycles. The van der Waals surface area contributed by atoms with E-state index in [0.717, 1.165) is 32.2 Å². The maximum atomic E-state index is 11.9. The highest BCUT2D eigenvalue weighted by Gasteiger charge is 2.09. The van der Waals surface area contributed by atoms with Gasteiger partial charge in [0.15, 0.2) is 5.78 Å². The van der Waals surface area contributed by atoms with Crippen LogP contribution in [-0.2, 0) is 4.79 Å². The van der Waals surface area contributed by atoms with Crippen molar-refractivity contribution in [1.82, 2.24) is 5.32 Å². The number of likely N-dealkylation sites (N-methyl/N-ethyl adjacent to an activating group) is 1. The number of nitrogens with one attached hydrogen (secondary N) is 1. The van der Waals surface area contributed by atoms with E-state index in [2.05, 4.69) is 12.2 Å². The highest BCUT2D eigenvalue weighted by molar-refractivity contribution is 5.98. The number of hydrogen-bond acceptors (Lipinski definition) is 4. The van der Waals surface area contributed by atoms with Gasteiger partial charge in [-0.15, -0.1) is 0 Å². The van der Waals surface area contributed by atoms with Gasteiger partial charge in [-0.3, -0.25) is 9.59 Å². The standard InChI is InChI=1S/C17H25NO3/c1-3-5-6-7-11-17(20)21-15-10-8-9-14(12-15)16(19)13-18-4-2/h8-10,12,18H,3-7,11,13H2,1-2H3. The van der Waals surface area contributed by atoms with Crippen molar-refractivity contribution in [2.45, 2.75) is 46.0 Å². The summed E-state index contributed by atoms with van der Waals surface area (Å²) in [4.78, 5) is 23.6. The smallest absolute Gasteiger partial charge is 0.311 e. The largest absolute Gasteiger partial charge is 0.427 e. The Balaban J connectivity index is 2.48. The number of ether oxygens (including phenoxy) is 1. The fraction of sp³-hybridized carbons (Fsp3) is 0.529. The first-order chi connectivity index (χ1) is 10.2. The minimum atomic E-state index is -0.234. The highest BCUT2D eigenvalue weighted by atomic mass is 16.5. The molecule has 4 nitrogen and oxygen atoms in total.